The third-order valence-electron chi connectivity index (χ3n) is 4.69. The van der Waals surface area contributed by atoms with Crippen molar-refractivity contribution in [2.75, 3.05) is 14.1 Å². The van der Waals surface area contributed by atoms with Crippen LogP contribution in [0, 0.1) is 5.92 Å². The number of nitrogens with two attached hydrogens (primary N) is 1. The molecule has 0 amide bonds. The van der Waals surface area contributed by atoms with Gasteiger partial charge in [0.05, 0.1) is 0 Å². The fourth-order valence-corrected chi connectivity index (χ4v) is 3.47. The highest BCUT2D eigenvalue weighted by molar-refractivity contribution is 5.04. The summed E-state index contributed by atoms with van der Waals surface area (Å²) in [5, 5.41) is 4.34. The van der Waals surface area contributed by atoms with Crippen LogP contribution in [0.4, 0.5) is 0 Å². The number of hydrogen-bond acceptors (Lipinski definition) is 4. The van der Waals surface area contributed by atoms with Crippen molar-refractivity contribution < 1.29 is 0 Å². The van der Waals surface area contributed by atoms with Gasteiger partial charge in [0.15, 0.2) is 0 Å². The molecule has 1 aromatic rings. The van der Waals surface area contributed by atoms with Gasteiger partial charge < -0.3 is 10.6 Å². The van der Waals surface area contributed by atoms with Gasteiger partial charge in [-0.2, -0.15) is 5.10 Å². The van der Waals surface area contributed by atoms with Crippen LogP contribution in [0.2, 0.25) is 0 Å². The topological polar surface area (TPSA) is 60.0 Å². The van der Waals surface area contributed by atoms with Crippen LogP contribution in [0.5, 0.6) is 0 Å². The highest BCUT2D eigenvalue weighted by Gasteiger charge is 2.41. The SMILES string of the molecule is CC(C)Cn1ncnc1CC(N)C1(N(C)C)CCCC1. The molecular formula is C15H29N5. The third-order valence-corrected chi connectivity index (χ3v) is 4.69. The Kier molecular flexibility index (Phi) is 4.81. The molecule has 0 aromatic carbocycles. The number of rotatable bonds is 6. The second-order valence-electron chi connectivity index (χ2n) is 6.77. The van der Waals surface area contributed by atoms with Crippen LogP contribution in [0.3, 0.4) is 0 Å². The lowest BCUT2D eigenvalue weighted by Gasteiger charge is -2.41. The molecule has 1 atom stereocenters. The van der Waals surface area contributed by atoms with Crippen molar-refractivity contribution in [1.82, 2.24) is 19.7 Å². The average Bonchev–Trinajstić information content (AvgIpc) is 2.99. The quantitative estimate of drug-likeness (QED) is 0.860. The van der Waals surface area contributed by atoms with Gasteiger partial charge in [0.25, 0.3) is 0 Å². The zero-order chi connectivity index (χ0) is 14.8. The molecule has 0 radical (unpaired) electrons. The summed E-state index contributed by atoms with van der Waals surface area (Å²) in [4.78, 5) is 6.75. The predicted octanol–water partition coefficient (Wildman–Crippen LogP) is 1.68. The van der Waals surface area contributed by atoms with Gasteiger partial charge in [0.1, 0.15) is 12.2 Å². The number of aromatic nitrogens is 3. The summed E-state index contributed by atoms with van der Waals surface area (Å²) in [6.07, 6.45) is 7.42. The fraction of sp³-hybridized carbons (Fsp3) is 0.867. The molecule has 1 unspecified atom stereocenters. The summed E-state index contributed by atoms with van der Waals surface area (Å²) < 4.78 is 2.02. The summed E-state index contributed by atoms with van der Waals surface area (Å²) in [5.74, 6) is 1.60. The van der Waals surface area contributed by atoms with Gasteiger partial charge in [0, 0.05) is 24.5 Å². The van der Waals surface area contributed by atoms with Crippen molar-refractivity contribution in [2.45, 2.75) is 64.1 Å². The minimum absolute atomic E-state index is 0.120. The standard InChI is InChI=1S/C15H29N5/c1-12(2)10-20-14(17-11-18-20)9-13(16)15(19(3)4)7-5-6-8-15/h11-13H,5-10,16H2,1-4H3. The van der Waals surface area contributed by atoms with E-state index in [0.717, 1.165) is 18.8 Å². The maximum atomic E-state index is 6.58. The van der Waals surface area contributed by atoms with Crippen molar-refractivity contribution in [1.29, 1.82) is 0 Å². The summed E-state index contributed by atoms with van der Waals surface area (Å²) >= 11 is 0. The first kappa shape index (κ1) is 15.4. The summed E-state index contributed by atoms with van der Waals surface area (Å²) in [5.41, 5.74) is 6.72. The van der Waals surface area contributed by atoms with E-state index in [4.69, 9.17) is 5.73 Å². The molecule has 20 heavy (non-hydrogen) atoms. The molecule has 5 nitrogen and oxygen atoms in total. The Bertz CT molecular complexity index is 418. The van der Waals surface area contributed by atoms with Crippen LogP contribution >= 0.6 is 0 Å². The zero-order valence-electron chi connectivity index (χ0n) is 13.3. The molecule has 1 aliphatic carbocycles. The van der Waals surface area contributed by atoms with Crippen LogP contribution < -0.4 is 5.73 Å². The average molecular weight is 279 g/mol. The largest absolute Gasteiger partial charge is 0.326 e. The molecule has 114 valence electrons. The fourth-order valence-electron chi connectivity index (χ4n) is 3.47. The Labute approximate surface area is 122 Å². The normalized spacial score (nSPS) is 19.9. The first-order chi connectivity index (χ1) is 9.45. The molecule has 5 heteroatoms. The minimum atomic E-state index is 0.120. The minimum Gasteiger partial charge on any atom is -0.326 e. The molecule has 2 N–H and O–H groups in total. The Hall–Kier alpha value is -0.940. The lowest BCUT2D eigenvalue weighted by atomic mass is 9.85. The molecular weight excluding hydrogens is 250 g/mol. The maximum Gasteiger partial charge on any atom is 0.138 e. The molecule has 0 saturated heterocycles. The second-order valence-corrected chi connectivity index (χ2v) is 6.77. The lowest BCUT2D eigenvalue weighted by Crippen LogP contribution is -2.56. The molecule has 1 fully saturated rings. The highest BCUT2D eigenvalue weighted by Crippen LogP contribution is 2.36. The summed E-state index contributed by atoms with van der Waals surface area (Å²) in [7, 11) is 4.31. The second kappa shape index (κ2) is 6.22. The van der Waals surface area contributed by atoms with E-state index in [1.54, 1.807) is 6.33 Å². The van der Waals surface area contributed by atoms with E-state index in [0.29, 0.717) is 5.92 Å². The molecule has 0 aliphatic heterocycles. The smallest absolute Gasteiger partial charge is 0.138 e. The molecule has 1 aromatic heterocycles. The Balaban J connectivity index is 2.11. The van der Waals surface area contributed by atoms with Gasteiger partial charge in [0.2, 0.25) is 0 Å². The van der Waals surface area contributed by atoms with Crippen molar-refractivity contribution in [3.05, 3.63) is 12.2 Å². The summed E-state index contributed by atoms with van der Waals surface area (Å²) in [6, 6.07) is 0.120. The van der Waals surface area contributed by atoms with Crippen LogP contribution in [-0.2, 0) is 13.0 Å². The number of likely N-dealkylation sites (N-methyl/N-ethyl adjacent to an activating group) is 1. The van der Waals surface area contributed by atoms with Gasteiger partial charge >= 0.3 is 0 Å². The monoisotopic (exact) mass is 279 g/mol. The Morgan fingerprint density at radius 1 is 1.35 bits per heavy atom. The van der Waals surface area contributed by atoms with E-state index in [2.05, 4.69) is 42.9 Å². The van der Waals surface area contributed by atoms with Crippen molar-refractivity contribution in [2.24, 2.45) is 11.7 Å². The van der Waals surface area contributed by atoms with E-state index in [1.165, 1.54) is 25.7 Å². The molecule has 1 aliphatic rings. The van der Waals surface area contributed by atoms with Gasteiger partial charge in [-0.3, -0.25) is 0 Å². The molecule has 2 rings (SSSR count). The van der Waals surface area contributed by atoms with Crippen LogP contribution in [0.25, 0.3) is 0 Å². The zero-order valence-corrected chi connectivity index (χ0v) is 13.3. The van der Waals surface area contributed by atoms with Crippen molar-refractivity contribution in [3.63, 3.8) is 0 Å². The van der Waals surface area contributed by atoms with E-state index >= 15 is 0 Å². The van der Waals surface area contributed by atoms with E-state index < -0.39 is 0 Å². The van der Waals surface area contributed by atoms with E-state index in [-0.39, 0.29) is 11.6 Å². The summed E-state index contributed by atoms with van der Waals surface area (Å²) in [6.45, 7) is 5.31. The van der Waals surface area contributed by atoms with Crippen LogP contribution in [-0.4, -0.2) is 45.3 Å². The van der Waals surface area contributed by atoms with Crippen LogP contribution in [0.15, 0.2) is 6.33 Å². The third kappa shape index (κ3) is 3.04. The van der Waals surface area contributed by atoms with Gasteiger partial charge in [-0.05, 0) is 32.9 Å². The molecule has 1 heterocycles. The molecule has 1 saturated carbocycles. The number of hydrogen-bond donors (Lipinski definition) is 1. The van der Waals surface area contributed by atoms with E-state index in [9.17, 15) is 0 Å². The first-order valence-corrected chi connectivity index (χ1v) is 7.75. The van der Waals surface area contributed by atoms with E-state index in [1.807, 2.05) is 4.68 Å². The van der Waals surface area contributed by atoms with Gasteiger partial charge in [-0.1, -0.05) is 26.7 Å². The maximum absolute atomic E-state index is 6.58. The van der Waals surface area contributed by atoms with Gasteiger partial charge in [-0.25, -0.2) is 9.67 Å². The van der Waals surface area contributed by atoms with Crippen molar-refractivity contribution >= 4 is 0 Å². The van der Waals surface area contributed by atoms with Crippen molar-refractivity contribution in [3.8, 4) is 0 Å². The Morgan fingerprint density at radius 2 is 2.00 bits per heavy atom. The van der Waals surface area contributed by atoms with Crippen LogP contribution in [0.1, 0.15) is 45.4 Å². The number of nitrogens with zero attached hydrogens (tertiary/aromatic N) is 4. The predicted molar refractivity (Wildman–Crippen MR) is 81.4 cm³/mol. The lowest BCUT2D eigenvalue weighted by molar-refractivity contribution is 0.121. The molecule has 0 bridgehead atoms. The molecule has 0 spiro atoms. The highest BCUT2D eigenvalue weighted by atomic mass is 15.3. The van der Waals surface area contributed by atoms with Gasteiger partial charge in [-0.15, -0.1) is 0 Å². The first-order valence-electron chi connectivity index (χ1n) is 7.75. The Morgan fingerprint density at radius 3 is 2.55 bits per heavy atom.